The number of benzene rings is 2. The van der Waals surface area contributed by atoms with Crippen molar-refractivity contribution >= 4 is 34.9 Å². The second kappa shape index (κ2) is 8.12. The van der Waals surface area contributed by atoms with E-state index in [9.17, 15) is 14.4 Å². The van der Waals surface area contributed by atoms with Crippen LogP contribution in [0.3, 0.4) is 0 Å². The first-order valence-corrected chi connectivity index (χ1v) is 9.14. The lowest BCUT2D eigenvalue weighted by Crippen LogP contribution is -2.39. The second-order valence-electron chi connectivity index (χ2n) is 7.03. The number of carbonyl (C=O) groups is 3. The first-order valence-electron chi connectivity index (χ1n) is 9.14. The number of hydrogen-bond acceptors (Lipinski definition) is 3. The summed E-state index contributed by atoms with van der Waals surface area (Å²) in [6.07, 6.45) is 0.256. The lowest BCUT2D eigenvalue weighted by atomic mass is 10.1. The van der Waals surface area contributed by atoms with Crippen molar-refractivity contribution in [3.05, 3.63) is 53.6 Å². The summed E-state index contributed by atoms with van der Waals surface area (Å²) in [7, 11) is 0. The number of aryl methyl sites for hydroxylation is 2. The Morgan fingerprint density at radius 3 is 2.39 bits per heavy atom. The van der Waals surface area contributed by atoms with Gasteiger partial charge in [-0.25, -0.2) is 4.79 Å². The summed E-state index contributed by atoms with van der Waals surface area (Å²) in [6, 6.07) is 12.1. The summed E-state index contributed by atoms with van der Waals surface area (Å²) < 4.78 is 0. The summed E-state index contributed by atoms with van der Waals surface area (Å²) in [5, 5.41) is 8.25. The number of amides is 4. The molecule has 0 saturated carbocycles. The van der Waals surface area contributed by atoms with Crippen LogP contribution in [0.5, 0.6) is 0 Å². The molecular formula is C21H24N4O3. The Morgan fingerprint density at radius 1 is 1.00 bits per heavy atom. The van der Waals surface area contributed by atoms with Crippen LogP contribution in [0.15, 0.2) is 42.5 Å². The van der Waals surface area contributed by atoms with E-state index in [1.54, 1.807) is 29.2 Å². The average Bonchev–Trinajstić information content (AvgIpc) is 2.97. The van der Waals surface area contributed by atoms with Crippen LogP contribution < -0.4 is 20.9 Å². The van der Waals surface area contributed by atoms with Crippen LogP contribution >= 0.6 is 0 Å². The van der Waals surface area contributed by atoms with Crippen molar-refractivity contribution in [3.63, 3.8) is 0 Å². The van der Waals surface area contributed by atoms with Crippen LogP contribution in [-0.4, -0.2) is 30.4 Å². The third-order valence-electron chi connectivity index (χ3n) is 4.70. The van der Waals surface area contributed by atoms with E-state index in [1.807, 2.05) is 32.0 Å². The second-order valence-corrected chi connectivity index (χ2v) is 7.03. The molecule has 0 spiro atoms. The highest BCUT2D eigenvalue weighted by Gasteiger charge is 2.31. The predicted molar refractivity (Wildman–Crippen MR) is 110 cm³/mol. The predicted octanol–water partition coefficient (Wildman–Crippen LogP) is 3.19. The molecule has 1 aliphatic heterocycles. The van der Waals surface area contributed by atoms with Crippen molar-refractivity contribution in [1.82, 2.24) is 5.32 Å². The molecule has 1 aliphatic rings. The number of hydrogen-bond donors (Lipinski definition) is 3. The van der Waals surface area contributed by atoms with Gasteiger partial charge in [-0.3, -0.25) is 9.59 Å². The van der Waals surface area contributed by atoms with Gasteiger partial charge in [0.25, 0.3) is 0 Å². The van der Waals surface area contributed by atoms with Gasteiger partial charge in [-0.05, 0) is 55.3 Å². The number of anilines is 3. The highest BCUT2D eigenvalue weighted by atomic mass is 16.2. The summed E-state index contributed by atoms with van der Waals surface area (Å²) in [5.74, 6) is -0.196. The van der Waals surface area contributed by atoms with E-state index >= 15 is 0 Å². The van der Waals surface area contributed by atoms with Crippen molar-refractivity contribution in [1.29, 1.82) is 0 Å². The van der Waals surface area contributed by atoms with Gasteiger partial charge in [-0.2, -0.15) is 0 Å². The monoisotopic (exact) mass is 380 g/mol. The Kier molecular flexibility index (Phi) is 5.63. The van der Waals surface area contributed by atoms with E-state index in [2.05, 4.69) is 16.0 Å². The molecule has 0 bridgehead atoms. The van der Waals surface area contributed by atoms with Crippen molar-refractivity contribution in [2.24, 2.45) is 0 Å². The van der Waals surface area contributed by atoms with E-state index in [0.29, 0.717) is 17.9 Å². The molecule has 2 aromatic rings. The molecule has 4 amide bonds. The van der Waals surface area contributed by atoms with Gasteiger partial charge in [0.15, 0.2) is 0 Å². The average molecular weight is 380 g/mol. The molecule has 0 radical (unpaired) electrons. The van der Waals surface area contributed by atoms with Gasteiger partial charge >= 0.3 is 6.03 Å². The molecule has 7 nitrogen and oxygen atoms in total. The molecule has 28 heavy (non-hydrogen) atoms. The number of nitrogens with zero attached hydrogens (tertiary/aromatic N) is 1. The smallest absolute Gasteiger partial charge is 0.319 e. The molecule has 1 fully saturated rings. The first kappa shape index (κ1) is 19.4. The SMILES string of the molecule is CC(=O)Nc1cccc(NC(=O)NC2CC(=O)N(c3ccc(C)c(C)c3)C2)c1. The van der Waals surface area contributed by atoms with Gasteiger partial charge in [0.2, 0.25) is 11.8 Å². The van der Waals surface area contributed by atoms with Crippen molar-refractivity contribution in [2.45, 2.75) is 33.2 Å². The van der Waals surface area contributed by atoms with Gasteiger partial charge in [0.05, 0.1) is 6.04 Å². The van der Waals surface area contributed by atoms with Crippen molar-refractivity contribution < 1.29 is 14.4 Å². The Morgan fingerprint density at radius 2 is 1.71 bits per heavy atom. The summed E-state index contributed by atoms with van der Waals surface area (Å²) in [6.45, 7) is 5.89. The zero-order valence-corrected chi connectivity index (χ0v) is 16.2. The normalized spacial score (nSPS) is 16.0. The van der Waals surface area contributed by atoms with Gasteiger partial charge in [-0.15, -0.1) is 0 Å². The Labute approximate surface area is 164 Å². The van der Waals surface area contributed by atoms with E-state index in [-0.39, 0.29) is 30.3 Å². The van der Waals surface area contributed by atoms with Gasteiger partial charge in [0, 0.05) is 37.0 Å². The van der Waals surface area contributed by atoms with Crippen LogP contribution in [0.2, 0.25) is 0 Å². The highest BCUT2D eigenvalue weighted by molar-refractivity contribution is 5.98. The van der Waals surface area contributed by atoms with Gasteiger partial charge in [0.1, 0.15) is 0 Å². The fourth-order valence-electron chi connectivity index (χ4n) is 3.18. The van der Waals surface area contributed by atoms with Crippen LogP contribution in [0.4, 0.5) is 21.9 Å². The highest BCUT2D eigenvalue weighted by Crippen LogP contribution is 2.24. The van der Waals surface area contributed by atoms with Crippen LogP contribution in [-0.2, 0) is 9.59 Å². The molecular weight excluding hydrogens is 356 g/mol. The summed E-state index contributed by atoms with van der Waals surface area (Å²) in [4.78, 5) is 37.5. The standard InChI is InChI=1S/C21H24N4O3/c1-13-7-8-19(9-14(13)2)25-12-18(11-20(25)27)24-21(28)23-17-6-4-5-16(10-17)22-15(3)26/h4-10,18H,11-12H2,1-3H3,(H,22,26)(H2,23,24,28). The van der Waals surface area contributed by atoms with E-state index < -0.39 is 0 Å². The van der Waals surface area contributed by atoms with E-state index in [0.717, 1.165) is 11.3 Å². The zero-order chi connectivity index (χ0) is 20.3. The maximum Gasteiger partial charge on any atom is 0.319 e. The molecule has 7 heteroatoms. The van der Waals surface area contributed by atoms with Crippen molar-refractivity contribution in [3.8, 4) is 0 Å². The minimum atomic E-state index is -0.389. The maximum atomic E-state index is 12.4. The molecule has 3 N–H and O–H groups in total. The van der Waals surface area contributed by atoms with Crippen LogP contribution in [0.1, 0.15) is 24.5 Å². The van der Waals surface area contributed by atoms with Gasteiger partial charge < -0.3 is 20.9 Å². The molecule has 0 aromatic heterocycles. The minimum Gasteiger partial charge on any atom is -0.333 e. The third kappa shape index (κ3) is 4.68. The molecule has 1 saturated heterocycles. The molecule has 1 heterocycles. The van der Waals surface area contributed by atoms with E-state index in [1.165, 1.54) is 12.5 Å². The quantitative estimate of drug-likeness (QED) is 0.761. The van der Waals surface area contributed by atoms with E-state index in [4.69, 9.17) is 0 Å². The number of urea groups is 1. The Bertz CT molecular complexity index is 926. The summed E-state index contributed by atoms with van der Waals surface area (Å²) in [5.41, 5.74) is 4.30. The van der Waals surface area contributed by atoms with Crippen LogP contribution in [0.25, 0.3) is 0 Å². The molecule has 146 valence electrons. The maximum absolute atomic E-state index is 12.4. The Hall–Kier alpha value is -3.35. The largest absolute Gasteiger partial charge is 0.333 e. The Balaban J connectivity index is 1.60. The first-order chi connectivity index (χ1) is 13.3. The zero-order valence-electron chi connectivity index (χ0n) is 16.2. The number of rotatable bonds is 4. The molecule has 2 aromatic carbocycles. The lowest BCUT2D eigenvalue weighted by Gasteiger charge is -2.18. The van der Waals surface area contributed by atoms with Crippen molar-refractivity contribution in [2.75, 3.05) is 22.1 Å². The topological polar surface area (TPSA) is 90.5 Å². The summed E-state index contributed by atoms with van der Waals surface area (Å²) >= 11 is 0. The number of nitrogens with one attached hydrogen (secondary N) is 3. The fraction of sp³-hybridized carbons (Fsp3) is 0.286. The molecule has 1 atom stereocenters. The van der Waals surface area contributed by atoms with Gasteiger partial charge in [-0.1, -0.05) is 12.1 Å². The molecule has 1 unspecified atom stereocenters. The van der Waals surface area contributed by atoms with Crippen LogP contribution in [0, 0.1) is 13.8 Å². The lowest BCUT2D eigenvalue weighted by molar-refractivity contribution is -0.117. The fourth-order valence-corrected chi connectivity index (χ4v) is 3.18. The molecule has 3 rings (SSSR count). The molecule has 0 aliphatic carbocycles. The minimum absolute atomic E-state index is 0.0128. The third-order valence-corrected chi connectivity index (χ3v) is 4.70. The number of carbonyl (C=O) groups excluding carboxylic acids is 3.